The van der Waals surface area contributed by atoms with Crippen molar-refractivity contribution >= 4 is 0 Å². The first-order valence-electron chi connectivity index (χ1n) is 8.03. The zero-order valence-electron chi connectivity index (χ0n) is 12.9. The van der Waals surface area contributed by atoms with Crippen molar-refractivity contribution in [2.45, 2.75) is 38.0 Å². The van der Waals surface area contributed by atoms with E-state index in [2.05, 4.69) is 21.9 Å². The van der Waals surface area contributed by atoms with Crippen LogP contribution in [0, 0.1) is 0 Å². The van der Waals surface area contributed by atoms with Crippen molar-refractivity contribution in [2.24, 2.45) is 0 Å². The number of piperidine rings is 1. The standard InChI is InChI=1S/C17H26N2O2/c1-21-15-6-4-14(5-7-15)12-18-11-8-16(17(20)13-18)19-9-2-3-10-19/h4-7,16-17,20H,2-3,8-13H2,1H3/t16-,17-/m1/s1. The van der Waals surface area contributed by atoms with Gasteiger partial charge in [0.1, 0.15) is 5.75 Å². The summed E-state index contributed by atoms with van der Waals surface area (Å²) < 4.78 is 5.19. The summed E-state index contributed by atoms with van der Waals surface area (Å²) in [6.45, 7) is 5.10. The van der Waals surface area contributed by atoms with E-state index in [1.165, 1.54) is 31.5 Å². The topological polar surface area (TPSA) is 35.9 Å². The molecule has 3 rings (SSSR count). The van der Waals surface area contributed by atoms with Gasteiger partial charge in [0.05, 0.1) is 13.2 Å². The highest BCUT2D eigenvalue weighted by Gasteiger charge is 2.33. The lowest BCUT2D eigenvalue weighted by atomic mass is 10.00. The molecule has 1 N–H and O–H groups in total. The quantitative estimate of drug-likeness (QED) is 0.916. The van der Waals surface area contributed by atoms with Gasteiger partial charge in [-0.2, -0.15) is 0 Å². The van der Waals surface area contributed by atoms with Crippen LogP contribution >= 0.6 is 0 Å². The molecule has 2 saturated heterocycles. The first kappa shape index (κ1) is 14.8. The van der Waals surface area contributed by atoms with Gasteiger partial charge in [-0.1, -0.05) is 12.1 Å². The lowest BCUT2D eigenvalue weighted by molar-refractivity contribution is -0.00739. The molecular weight excluding hydrogens is 264 g/mol. The van der Waals surface area contributed by atoms with E-state index in [0.29, 0.717) is 6.04 Å². The summed E-state index contributed by atoms with van der Waals surface area (Å²) in [5.74, 6) is 0.895. The van der Waals surface area contributed by atoms with Gasteiger partial charge in [0.2, 0.25) is 0 Å². The molecule has 0 spiro atoms. The third-order valence-electron chi connectivity index (χ3n) is 4.81. The fraction of sp³-hybridized carbons (Fsp3) is 0.647. The summed E-state index contributed by atoms with van der Waals surface area (Å²) in [5.41, 5.74) is 1.28. The first-order valence-corrected chi connectivity index (χ1v) is 8.03. The molecule has 2 aliphatic heterocycles. The third kappa shape index (κ3) is 3.57. The number of likely N-dealkylation sites (tertiary alicyclic amines) is 2. The van der Waals surface area contributed by atoms with Crippen molar-refractivity contribution in [3.05, 3.63) is 29.8 Å². The monoisotopic (exact) mass is 290 g/mol. The molecule has 116 valence electrons. The molecule has 0 radical (unpaired) electrons. The zero-order chi connectivity index (χ0) is 14.7. The Labute approximate surface area is 127 Å². The van der Waals surface area contributed by atoms with Gasteiger partial charge >= 0.3 is 0 Å². The second-order valence-corrected chi connectivity index (χ2v) is 6.25. The van der Waals surface area contributed by atoms with Gasteiger partial charge in [-0.15, -0.1) is 0 Å². The Morgan fingerprint density at radius 3 is 2.48 bits per heavy atom. The molecule has 2 atom stereocenters. The van der Waals surface area contributed by atoms with Gasteiger partial charge in [-0.05, 0) is 50.0 Å². The SMILES string of the molecule is COc1ccc(CN2CC[C@@H](N3CCCC3)[C@H](O)C2)cc1. The Morgan fingerprint density at radius 1 is 1.14 bits per heavy atom. The smallest absolute Gasteiger partial charge is 0.118 e. The average Bonchev–Trinajstić information content (AvgIpc) is 3.02. The van der Waals surface area contributed by atoms with Gasteiger partial charge < -0.3 is 9.84 Å². The molecule has 0 aliphatic carbocycles. The minimum atomic E-state index is -0.213. The predicted octanol–water partition coefficient (Wildman–Crippen LogP) is 1.73. The minimum Gasteiger partial charge on any atom is -0.497 e. The molecule has 4 nitrogen and oxygen atoms in total. The summed E-state index contributed by atoms with van der Waals surface area (Å²) in [6.07, 6.45) is 3.45. The Balaban J connectivity index is 1.53. The van der Waals surface area contributed by atoms with E-state index in [1.807, 2.05) is 12.1 Å². The van der Waals surface area contributed by atoms with Crippen LogP contribution in [-0.4, -0.2) is 60.3 Å². The number of benzene rings is 1. The third-order valence-corrected chi connectivity index (χ3v) is 4.81. The fourth-order valence-electron chi connectivity index (χ4n) is 3.62. The first-order chi connectivity index (χ1) is 10.3. The highest BCUT2D eigenvalue weighted by molar-refractivity contribution is 5.27. The second-order valence-electron chi connectivity index (χ2n) is 6.25. The Kier molecular flexibility index (Phi) is 4.78. The number of aliphatic hydroxyl groups excluding tert-OH is 1. The number of hydrogen-bond acceptors (Lipinski definition) is 4. The highest BCUT2D eigenvalue weighted by Crippen LogP contribution is 2.23. The van der Waals surface area contributed by atoms with Gasteiger partial charge in [0.25, 0.3) is 0 Å². The fourth-order valence-corrected chi connectivity index (χ4v) is 3.62. The van der Waals surface area contributed by atoms with Gasteiger partial charge in [0, 0.05) is 25.7 Å². The molecular formula is C17H26N2O2. The van der Waals surface area contributed by atoms with Gasteiger partial charge in [0.15, 0.2) is 0 Å². The maximum absolute atomic E-state index is 10.5. The summed E-state index contributed by atoms with van der Waals surface area (Å²) >= 11 is 0. The number of aliphatic hydroxyl groups is 1. The maximum Gasteiger partial charge on any atom is 0.118 e. The van der Waals surface area contributed by atoms with E-state index in [1.54, 1.807) is 7.11 Å². The van der Waals surface area contributed by atoms with Gasteiger partial charge in [-0.3, -0.25) is 9.80 Å². The Morgan fingerprint density at radius 2 is 1.86 bits per heavy atom. The van der Waals surface area contributed by atoms with Crippen molar-refractivity contribution in [3.8, 4) is 5.75 Å². The number of methoxy groups -OCH3 is 1. The van der Waals surface area contributed by atoms with Crippen LogP contribution in [0.15, 0.2) is 24.3 Å². The van der Waals surface area contributed by atoms with Crippen molar-refractivity contribution in [1.82, 2.24) is 9.80 Å². The molecule has 4 heteroatoms. The van der Waals surface area contributed by atoms with Crippen LogP contribution in [0.5, 0.6) is 5.75 Å². The summed E-state index contributed by atoms with van der Waals surface area (Å²) in [7, 11) is 1.69. The van der Waals surface area contributed by atoms with Crippen LogP contribution in [0.2, 0.25) is 0 Å². The van der Waals surface area contributed by atoms with Crippen LogP contribution in [-0.2, 0) is 6.54 Å². The molecule has 0 saturated carbocycles. The van der Waals surface area contributed by atoms with E-state index in [0.717, 1.165) is 31.8 Å². The lowest BCUT2D eigenvalue weighted by Crippen LogP contribution is -2.53. The van der Waals surface area contributed by atoms with Crippen LogP contribution < -0.4 is 4.74 Å². The van der Waals surface area contributed by atoms with Crippen molar-refractivity contribution < 1.29 is 9.84 Å². The molecule has 0 aromatic heterocycles. The lowest BCUT2D eigenvalue weighted by Gasteiger charge is -2.40. The van der Waals surface area contributed by atoms with Crippen molar-refractivity contribution in [2.75, 3.05) is 33.3 Å². The van der Waals surface area contributed by atoms with E-state index in [9.17, 15) is 5.11 Å². The largest absolute Gasteiger partial charge is 0.497 e. The van der Waals surface area contributed by atoms with Crippen LogP contribution in [0.25, 0.3) is 0 Å². The summed E-state index contributed by atoms with van der Waals surface area (Å²) in [5, 5.41) is 10.5. The molecule has 2 aliphatic rings. The highest BCUT2D eigenvalue weighted by atomic mass is 16.5. The summed E-state index contributed by atoms with van der Waals surface area (Å²) in [6, 6.07) is 8.60. The molecule has 0 amide bonds. The zero-order valence-corrected chi connectivity index (χ0v) is 12.9. The molecule has 21 heavy (non-hydrogen) atoms. The number of nitrogens with zero attached hydrogens (tertiary/aromatic N) is 2. The average molecular weight is 290 g/mol. The van der Waals surface area contributed by atoms with Crippen molar-refractivity contribution in [1.29, 1.82) is 0 Å². The van der Waals surface area contributed by atoms with Crippen LogP contribution in [0.1, 0.15) is 24.8 Å². The number of hydrogen-bond donors (Lipinski definition) is 1. The minimum absolute atomic E-state index is 0.213. The molecule has 0 bridgehead atoms. The molecule has 2 heterocycles. The molecule has 2 fully saturated rings. The second kappa shape index (κ2) is 6.77. The Hall–Kier alpha value is -1.10. The van der Waals surface area contributed by atoms with Crippen molar-refractivity contribution in [3.63, 3.8) is 0 Å². The summed E-state index contributed by atoms with van der Waals surface area (Å²) in [4.78, 5) is 4.84. The number of rotatable bonds is 4. The van der Waals surface area contributed by atoms with Gasteiger partial charge in [-0.25, -0.2) is 0 Å². The van der Waals surface area contributed by atoms with E-state index < -0.39 is 0 Å². The van der Waals surface area contributed by atoms with Crippen LogP contribution in [0.3, 0.4) is 0 Å². The number of β-amino-alcohol motifs (C(OH)–C–C–N with tert-alkyl or cyclic N) is 1. The van der Waals surface area contributed by atoms with E-state index in [4.69, 9.17) is 4.74 Å². The maximum atomic E-state index is 10.5. The van der Waals surface area contributed by atoms with E-state index >= 15 is 0 Å². The van der Waals surface area contributed by atoms with Crippen LogP contribution in [0.4, 0.5) is 0 Å². The number of ether oxygens (including phenoxy) is 1. The normalized spacial score (nSPS) is 27.9. The predicted molar refractivity (Wildman–Crippen MR) is 83.5 cm³/mol. The molecule has 1 aromatic carbocycles. The Bertz CT molecular complexity index is 443. The van der Waals surface area contributed by atoms with E-state index in [-0.39, 0.29) is 6.10 Å². The molecule has 0 unspecified atom stereocenters. The molecule has 1 aromatic rings.